The Morgan fingerprint density at radius 1 is 1.15 bits per heavy atom. The number of H-pyrrole nitrogens is 1. The molecule has 100 valence electrons. The molecule has 0 spiro atoms. The molecule has 20 heavy (non-hydrogen) atoms. The zero-order valence-corrected chi connectivity index (χ0v) is 12.5. The Kier molecular flexibility index (Phi) is 3.28. The number of hydrogen-bond acceptors (Lipinski definition) is 3. The predicted octanol–water partition coefficient (Wildman–Crippen LogP) is 3.79. The second-order valence-electron chi connectivity index (χ2n) is 4.51. The molecule has 4 nitrogen and oxygen atoms in total. The maximum absolute atomic E-state index is 6.00. The molecule has 2 heterocycles. The normalized spacial score (nSPS) is 10.7. The number of anilines is 1. The van der Waals surface area contributed by atoms with Crippen LogP contribution in [0.4, 0.5) is 5.82 Å². The van der Waals surface area contributed by atoms with Gasteiger partial charge in [0.25, 0.3) is 0 Å². The molecule has 0 aliphatic heterocycles. The third-order valence-corrected chi connectivity index (χ3v) is 4.23. The first-order valence-electron chi connectivity index (χ1n) is 6.19. The highest BCUT2D eigenvalue weighted by Gasteiger charge is 2.17. The fourth-order valence-corrected chi connectivity index (χ4v) is 2.62. The maximum atomic E-state index is 6.00. The van der Waals surface area contributed by atoms with Crippen molar-refractivity contribution < 1.29 is 0 Å². The van der Waals surface area contributed by atoms with Gasteiger partial charge >= 0.3 is 0 Å². The Balaban J connectivity index is 2.24. The van der Waals surface area contributed by atoms with E-state index in [0.29, 0.717) is 5.82 Å². The van der Waals surface area contributed by atoms with Gasteiger partial charge in [0.05, 0.1) is 17.0 Å². The minimum Gasteiger partial charge on any atom is -0.382 e. The number of hydrogen-bond donors (Lipinski definition) is 2. The number of aromatic nitrogens is 3. The van der Waals surface area contributed by atoms with Crippen LogP contribution in [0.2, 0.25) is 0 Å². The van der Waals surface area contributed by atoms with Gasteiger partial charge in [-0.2, -0.15) is 5.10 Å². The summed E-state index contributed by atoms with van der Waals surface area (Å²) in [5, 5.41) is 7.14. The Labute approximate surface area is 125 Å². The van der Waals surface area contributed by atoms with Gasteiger partial charge in [0.15, 0.2) is 5.82 Å². The summed E-state index contributed by atoms with van der Waals surface area (Å²) in [6.07, 6.45) is 1.75. The number of benzene rings is 1. The first-order valence-corrected chi connectivity index (χ1v) is 6.98. The van der Waals surface area contributed by atoms with Crippen molar-refractivity contribution in [1.82, 2.24) is 15.2 Å². The van der Waals surface area contributed by atoms with Crippen LogP contribution in [0.25, 0.3) is 22.5 Å². The first kappa shape index (κ1) is 12.9. The summed E-state index contributed by atoms with van der Waals surface area (Å²) in [6, 6.07) is 11.8. The van der Waals surface area contributed by atoms with Crippen LogP contribution < -0.4 is 5.73 Å². The highest BCUT2D eigenvalue weighted by Crippen LogP contribution is 2.37. The quantitative estimate of drug-likeness (QED) is 0.752. The zero-order chi connectivity index (χ0) is 14.1. The summed E-state index contributed by atoms with van der Waals surface area (Å²) in [6.45, 7) is 2.05. The molecule has 0 unspecified atom stereocenters. The van der Waals surface area contributed by atoms with Gasteiger partial charge in [0, 0.05) is 16.2 Å². The lowest BCUT2D eigenvalue weighted by Gasteiger charge is -2.08. The minimum absolute atomic E-state index is 0.451. The average Bonchev–Trinajstić information content (AvgIpc) is 2.84. The van der Waals surface area contributed by atoms with E-state index in [1.54, 1.807) is 6.20 Å². The van der Waals surface area contributed by atoms with Crippen molar-refractivity contribution in [3.05, 3.63) is 52.6 Å². The largest absolute Gasteiger partial charge is 0.382 e. The molecule has 0 atom stereocenters. The number of pyridine rings is 1. The SMILES string of the molecule is Cc1cccc(-c2[nH]nc(N)c2-c2ccccn2)c1Br. The molecule has 0 saturated carbocycles. The second-order valence-corrected chi connectivity index (χ2v) is 5.30. The van der Waals surface area contributed by atoms with E-state index in [4.69, 9.17) is 5.73 Å². The van der Waals surface area contributed by atoms with Crippen LogP contribution in [-0.4, -0.2) is 15.2 Å². The number of nitrogen functional groups attached to an aromatic ring is 1. The third kappa shape index (κ3) is 2.10. The van der Waals surface area contributed by atoms with Gasteiger partial charge < -0.3 is 5.73 Å². The van der Waals surface area contributed by atoms with Crippen LogP contribution in [0.15, 0.2) is 47.1 Å². The van der Waals surface area contributed by atoms with E-state index >= 15 is 0 Å². The van der Waals surface area contributed by atoms with Gasteiger partial charge in [-0.05, 0) is 40.5 Å². The third-order valence-electron chi connectivity index (χ3n) is 3.18. The van der Waals surface area contributed by atoms with Crippen molar-refractivity contribution in [3.8, 4) is 22.5 Å². The molecule has 5 heteroatoms. The van der Waals surface area contributed by atoms with Crippen LogP contribution in [-0.2, 0) is 0 Å². The smallest absolute Gasteiger partial charge is 0.155 e. The molecule has 0 saturated heterocycles. The summed E-state index contributed by atoms with van der Waals surface area (Å²) < 4.78 is 1.03. The van der Waals surface area contributed by atoms with Crippen LogP contribution in [0.5, 0.6) is 0 Å². The van der Waals surface area contributed by atoms with Crippen LogP contribution in [0.1, 0.15) is 5.56 Å². The zero-order valence-electron chi connectivity index (χ0n) is 10.9. The van der Waals surface area contributed by atoms with Crippen molar-refractivity contribution in [2.45, 2.75) is 6.92 Å². The summed E-state index contributed by atoms with van der Waals surface area (Å²) >= 11 is 3.62. The fourth-order valence-electron chi connectivity index (χ4n) is 2.16. The molecule has 0 fully saturated rings. The number of nitrogens with one attached hydrogen (secondary N) is 1. The first-order chi connectivity index (χ1) is 9.68. The van der Waals surface area contributed by atoms with E-state index in [0.717, 1.165) is 32.6 Å². The van der Waals surface area contributed by atoms with Crippen molar-refractivity contribution in [2.75, 3.05) is 5.73 Å². The molecule has 3 rings (SSSR count). The summed E-state index contributed by atoms with van der Waals surface area (Å²) in [4.78, 5) is 4.36. The lowest BCUT2D eigenvalue weighted by molar-refractivity contribution is 1.10. The van der Waals surface area contributed by atoms with E-state index in [2.05, 4.69) is 31.1 Å². The number of aryl methyl sites for hydroxylation is 1. The van der Waals surface area contributed by atoms with Gasteiger partial charge in [0.2, 0.25) is 0 Å². The monoisotopic (exact) mass is 328 g/mol. The Morgan fingerprint density at radius 3 is 2.75 bits per heavy atom. The molecule has 0 aliphatic carbocycles. The highest BCUT2D eigenvalue weighted by molar-refractivity contribution is 9.10. The number of nitrogens with two attached hydrogens (primary N) is 1. The summed E-state index contributed by atoms with van der Waals surface area (Å²) in [5.74, 6) is 0.451. The van der Waals surface area contributed by atoms with Gasteiger partial charge in [-0.1, -0.05) is 24.3 Å². The van der Waals surface area contributed by atoms with E-state index in [1.807, 2.05) is 43.3 Å². The number of rotatable bonds is 2. The van der Waals surface area contributed by atoms with E-state index < -0.39 is 0 Å². The predicted molar refractivity (Wildman–Crippen MR) is 84.1 cm³/mol. The molecule has 2 aromatic heterocycles. The minimum atomic E-state index is 0.451. The van der Waals surface area contributed by atoms with Gasteiger partial charge in [-0.3, -0.25) is 10.1 Å². The number of aromatic amines is 1. The molecular weight excluding hydrogens is 316 g/mol. The molecule has 0 radical (unpaired) electrons. The van der Waals surface area contributed by atoms with Crippen molar-refractivity contribution in [1.29, 1.82) is 0 Å². The van der Waals surface area contributed by atoms with Crippen LogP contribution in [0, 0.1) is 6.92 Å². The van der Waals surface area contributed by atoms with Gasteiger partial charge in [-0.15, -0.1) is 0 Å². The number of halogens is 1. The molecule has 0 amide bonds. The molecule has 0 bridgehead atoms. The molecule has 0 aliphatic rings. The van der Waals surface area contributed by atoms with Crippen molar-refractivity contribution in [2.24, 2.45) is 0 Å². The van der Waals surface area contributed by atoms with E-state index in [1.165, 1.54) is 0 Å². The van der Waals surface area contributed by atoms with Crippen molar-refractivity contribution in [3.63, 3.8) is 0 Å². The lowest BCUT2D eigenvalue weighted by atomic mass is 10.0. The Bertz CT molecular complexity index is 750. The van der Waals surface area contributed by atoms with Crippen molar-refractivity contribution >= 4 is 21.7 Å². The maximum Gasteiger partial charge on any atom is 0.155 e. The highest BCUT2D eigenvalue weighted by atomic mass is 79.9. The topological polar surface area (TPSA) is 67.6 Å². The van der Waals surface area contributed by atoms with E-state index in [-0.39, 0.29) is 0 Å². The standard InChI is InChI=1S/C15H13BrN4/c1-9-5-4-6-10(13(9)16)14-12(15(17)20-19-14)11-7-2-3-8-18-11/h2-8H,1H3,(H3,17,19,20). The second kappa shape index (κ2) is 5.09. The molecular formula is C15H13BrN4. The number of nitrogens with zero attached hydrogens (tertiary/aromatic N) is 2. The average molecular weight is 329 g/mol. The Morgan fingerprint density at radius 2 is 2.00 bits per heavy atom. The summed E-state index contributed by atoms with van der Waals surface area (Å²) in [7, 11) is 0. The summed E-state index contributed by atoms with van der Waals surface area (Å²) in [5.41, 5.74) is 10.7. The Hall–Kier alpha value is -2.14. The van der Waals surface area contributed by atoms with Gasteiger partial charge in [-0.25, -0.2) is 0 Å². The van der Waals surface area contributed by atoms with Crippen LogP contribution >= 0.6 is 15.9 Å². The molecule has 3 aromatic rings. The van der Waals surface area contributed by atoms with Crippen LogP contribution in [0.3, 0.4) is 0 Å². The van der Waals surface area contributed by atoms with Gasteiger partial charge in [0.1, 0.15) is 0 Å². The molecule has 1 aromatic carbocycles. The lowest BCUT2D eigenvalue weighted by Crippen LogP contribution is -1.91. The molecule has 3 N–H and O–H groups in total. The fraction of sp³-hybridized carbons (Fsp3) is 0.0667. The van der Waals surface area contributed by atoms with E-state index in [9.17, 15) is 0 Å².